The van der Waals surface area contributed by atoms with E-state index in [2.05, 4.69) is 0 Å². The molecule has 3 heteroatoms. The molecule has 20 heavy (non-hydrogen) atoms. The summed E-state index contributed by atoms with van der Waals surface area (Å²) in [5.74, 6) is 0.989. The third kappa shape index (κ3) is 2.63. The summed E-state index contributed by atoms with van der Waals surface area (Å²) < 4.78 is 5.77. The smallest absolute Gasteiger partial charge is 0.123 e. The Labute approximate surface area is 119 Å². The van der Waals surface area contributed by atoms with Crippen LogP contribution in [0.5, 0.6) is 11.5 Å². The van der Waals surface area contributed by atoms with Gasteiger partial charge >= 0.3 is 0 Å². The fourth-order valence-corrected chi connectivity index (χ4v) is 2.73. The molecule has 2 aromatic rings. The molecule has 0 bridgehead atoms. The predicted octanol–water partition coefficient (Wildman–Crippen LogP) is 3.31. The maximum atomic E-state index is 10.1. The van der Waals surface area contributed by atoms with Crippen molar-refractivity contribution in [2.75, 3.05) is 0 Å². The number of phenolic OH excluding ortho intramolecular Hbond substituents is 1. The molecule has 3 N–H and O–H groups in total. The van der Waals surface area contributed by atoms with Crippen LogP contribution in [0.25, 0.3) is 0 Å². The molecule has 0 saturated carbocycles. The molecule has 3 rings (SSSR count). The van der Waals surface area contributed by atoms with Crippen molar-refractivity contribution in [2.45, 2.75) is 31.9 Å². The van der Waals surface area contributed by atoms with Gasteiger partial charge in [0, 0.05) is 12.1 Å². The van der Waals surface area contributed by atoms with Crippen LogP contribution in [-0.2, 0) is 13.0 Å². The number of hydrogen-bond acceptors (Lipinski definition) is 3. The second-order valence-corrected chi connectivity index (χ2v) is 5.28. The molecule has 0 fully saturated rings. The molecular formula is C17H19NO2. The molecule has 1 aliphatic carbocycles. The lowest BCUT2D eigenvalue weighted by Crippen LogP contribution is -2.17. The van der Waals surface area contributed by atoms with Crippen LogP contribution in [0.1, 0.15) is 35.6 Å². The van der Waals surface area contributed by atoms with Crippen molar-refractivity contribution in [1.29, 1.82) is 0 Å². The van der Waals surface area contributed by atoms with Gasteiger partial charge in [-0.15, -0.1) is 0 Å². The van der Waals surface area contributed by atoms with Crippen molar-refractivity contribution in [1.82, 2.24) is 0 Å². The van der Waals surface area contributed by atoms with Crippen molar-refractivity contribution in [3.05, 3.63) is 59.2 Å². The van der Waals surface area contributed by atoms with E-state index in [1.165, 1.54) is 0 Å². The number of phenols is 1. The molecule has 0 spiro atoms. The molecule has 0 amide bonds. The summed E-state index contributed by atoms with van der Waals surface area (Å²) in [5, 5.41) is 10.1. The summed E-state index contributed by atoms with van der Waals surface area (Å²) >= 11 is 0. The highest BCUT2D eigenvalue weighted by Crippen LogP contribution is 2.37. The van der Waals surface area contributed by atoms with Gasteiger partial charge < -0.3 is 15.6 Å². The van der Waals surface area contributed by atoms with Crippen LogP contribution in [0.15, 0.2) is 42.5 Å². The molecule has 104 valence electrons. The third-order valence-electron chi connectivity index (χ3n) is 3.82. The summed E-state index contributed by atoms with van der Waals surface area (Å²) in [6.45, 7) is 0.494. The van der Waals surface area contributed by atoms with Crippen molar-refractivity contribution < 1.29 is 9.84 Å². The summed E-state index contributed by atoms with van der Waals surface area (Å²) in [5.41, 5.74) is 9.24. The number of ether oxygens (including phenoxy) is 1. The van der Waals surface area contributed by atoms with Crippen LogP contribution in [0.3, 0.4) is 0 Å². The first-order valence-corrected chi connectivity index (χ1v) is 7.02. The Balaban J connectivity index is 1.81. The second-order valence-electron chi connectivity index (χ2n) is 5.28. The van der Waals surface area contributed by atoms with Crippen LogP contribution >= 0.6 is 0 Å². The Bertz CT molecular complexity index is 595. The van der Waals surface area contributed by atoms with E-state index in [4.69, 9.17) is 10.5 Å². The van der Waals surface area contributed by atoms with Crippen molar-refractivity contribution in [3.8, 4) is 11.5 Å². The Morgan fingerprint density at radius 2 is 2.00 bits per heavy atom. The van der Waals surface area contributed by atoms with E-state index in [-0.39, 0.29) is 6.04 Å². The Kier molecular flexibility index (Phi) is 3.61. The van der Waals surface area contributed by atoms with E-state index in [1.54, 1.807) is 6.07 Å². The number of hydrogen-bond donors (Lipinski definition) is 2. The lowest BCUT2D eigenvalue weighted by molar-refractivity contribution is 0.303. The monoisotopic (exact) mass is 269 g/mol. The molecule has 0 aromatic heterocycles. The molecule has 0 saturated heterocycles. The van der Waals surface area contributed by atoms with Gasteiger partial charge in [0.2, 0.25) is 0 Å². The summed E-state index contributed by atoms with van der Waals surface area (Å²) in [7, 11) is 0. The molecule has 1 aliphatic rings. The standard InChI is InChI=1S/C17H19NO2/c18-16-8-4-7-14-15(16)9-13(10-17(14)19)20-11-12-5-2-1-3-6-12/h1-3,5-6,9-10,16,19H,4,7-8,11,18H2/t16-/m1/s1. The summed E-state index contributed by atoms with van der Waals surface area (Å²) in [6.07, 6.45) is 2.90. The van der Waals surface area contributed by atoms with Gasteiger partial charge in [-0.2, -0.15) is 0 Å². The van der Waals surface area contributed by atoms with Crippen LogP contribution in [0.4, 0.5) is 0 Å². The van der Waals surface area contributed by atoms with Crippen molar-refractivity contribution in [3.63, 3.8) is 0 Å². The topological polar surface area (TPSA) is 55.5 Å². The lowest BCUT2D eigenvalue weighted by atomic mass is 9.87. The zero-order valence-electron chi connectivity index (χ0n) is 11.4. The van der Waals surface area contributed by atoms with Crippen LogP contribution < -0.4 is 10.5 Å². The summed E-state index contributed by atoms with van der Waals surface area (Å²) in [4.78, 5) is 0. The maximum absolute atomic E-state index is 10.1. The number of aromatic hydroxyl groups is 1. The molecule has 0 radical (unpaired) electrons. The molecule has 0 heterocycles. The number of benzene rings is 2. The quantitative estimate of drug-likeness (QED) is 0.898. The molecule has 0 unspecified atom stereocenters. The van der Waals surface area contributed by atoms with Crippen molar-refractivity contribution in [2.24, 2.45) is 5.73 Å². The fraction of sp³-hybridized carbons (Fsp3) is 0.294. The summed E-state index contributed by atoms with van der Waals surface area (Å²) in [6, 6.07) is 13.7. The van der Waals surface area contributed by atoms with Crippen LogP contribution in [0.2, 0.25) is 0 Å². The normalized spacial score (nSPS) is 17.6. The Morgan fingerprint density at radius 1 is 1.20 bits per heavy atom. The minimum absolute atomic E-state index is 0.00456. The van der Waals surface area contributed by atoms with Crippen LogP contribution in [0, 0.1) is 0 Å². The van der Waals surface area contributed by atoms with Gasteiger partial charge in [-0.1, -0.05) is 30.3 Å². The van der Waals surface area contributed by atoms with E-state index >= 15 is 0 Å². The zero-order chi connectivity index (χ0) is 13.9. The number of nitrogens with two attached hydrogens (primary N) is 1. The molecule has 3 nitrogen and oxygen atoms in total. The van der Waals surface area contributed by atoms with Gasteiger partial charge in [-0.05, 0) is 42.0 Å². The molecule has 0 aliphatic heterocycles. The first kappa shape index (κ1) is 13.0. The van der Waals surface area contributed by atoms with Gasteiger partial charge in [0.15, 0.2) is 0 Å². The SMILES string of the molecule is N[C@@H]1CCCc2c(O)cc(OCc3ccccc3)cc21. The van der Waals surface area contributed by atoms with Gasteiger partial charge in [-0.25, -0.2) is 0 Å². The predicted molar refractivity (Wildman–Crippen MR) is 78.7 cm³/mol. The average Bonchev–Trinajstić information content (AvgIpc) is 2.47. The van der Waals surface area contributed by atoms with E-state index in [0.717, 1.165) is 36.0 Å². The fourth-order valence-electron chi connectivity index (χ4n) is 2.73. The maximum Gasteiger partial charge on any atom is 0.123 e. The Hall–Kier alpha value is -2.00. The second kappa shape index (κ2) is 5.55. The third-order valence-corrected chi connectivity index (χ3v) is 3.82. The largest absolute Gasteiger partial charge is 0.508 e. The number of rotatable bonds is 3. The van der Waals surface area contributed by atoms with Crippen molar-refractivity contribution >= 4 is 0 Å². The lowest BCUT2D eigenvalue weighted by Gasteiger charge is -2.23. The van der Waals surface area contributed by atoms with Gasteiger partial charge in [0.25, 0.3) is 0 Å². The van der Waals surface area contributed by atoms with E-state index in [0.29, 0.717) is 18.1 Å². The Morgan fingerprint density at radius 3 is 2.80 bits per heavy atom. The number of fused-ring (bicyclic) bond motifs is 1. The zero-order valence-corrected chi connectivity index (χ0v) is 11.4. The van der Waals surface area contributed by atoms with Gasteiger partial charge in [-0.3, -0.25) is 0 Å². The minimum atomic E-state index is 0.00456. The highest BCUT2D eigenvalue weighted by atomic mass is 16.5. The molecule has 2 aromatic carbocycles. The molecule has 1 atom stereocenters. The first-order valence-electron chi connectivity index (χ1n) is 7.02. The van der Waals surface area contributed by atoms with Gasteiger partial charge in [0.05, 0.1) is 0 Å². The van der Waals surface area contributed by atoms with Crippen LogP contribution in [-0.4, -0.2) is 5.11 Å². The minimum Gasteiger partial charge on any atom is -0.508 e. The first-order chi connectivity index (χ1) is 9.74. The average molecular weight is 269 g/mol. The highest BCUT2D eigenvalue weighted by Gasteiger charge is 2.20. The van der Waals surface area contributed by atoms with E-state index in [1.807, 2.05) is 36.4 Å². The molecular weight excluding hydrogens is 250 g/mol. The van der Waals surface area contributed by atoms with Gasteiger partial charge in [0.1, 0.15) is 18.1 Å². The van der Waals surface area contributed by atoms with E-state index < -0.39 is 0 Å². The van der Waals surface area contributed by atoms with E-state index in [9.17, 15) is 5.11 Å². The highest BCUT2D eigenvalue weighted by molar-refractivity contribution is 5.48.